The van der Waals surface area contributed by atoms with Crippen LogP contribution in [0.2, 0.25) is 10.0 Å². The number of alkyl halides is 3. The van der Waals surface area contributed by atoms with Crippen LogP contribution < -0.4 is 5.69 Å². The van der Waals surface area contributed by atoms with Crippen LogP contribution >= 0.6 is 23.2 Å². The third kappa shape index (κ3) is 5.17. The zero-order chi connectivity index (χ0) is 26.5. The first-order chi connectivity index (χ1) is 17.5. The van der Waals surface area contributed by atoms with Crippen molar-refractivity contribution in [2.45, 2.75) is 38.4 Å². The van der Waals surface area contributed by atoms with Gasteiger partial charge in [0, 0.05) is 22.5 Å². The van der Waals surface area contributed by atoms with E-state index >= 15 is 0 Å². The molecule has 5 rings (SSSR count). The minimum absolute atomic E-state index is 0.0158. The van der Waals surface area contributed by atoms with Crippen LogP contribution in [0.1, 0.15) is 23.4 Å². The molecule has 4 aromatic rings. The molecule has 0 bridgehead atoms. The van der Waals surface area contributed by atoms with Gasteiger partial charge in [-0.25, -0.2) is 19.1 Å². The lowest BCUT2D eigenvalue weighted by atomic mass is 10.2. The van der Waals surface area contributed by atoms with Crippen LogP contribution in [-0.2, 0) is 17.8 Å². The number of aromatic nitrogens is 6. The molecule has 9 nitrogen and oxygen atoms in total. The first-order valence-corrected chi connectivity index (χ1v) is 11.7. The van der Waals surface area contributed by atoms with Crippen LogP contribution in [-0.4, -0.2) is 53.3 Å². The summed E-state index contributed by atoms with van der Waals surface area (Å²) in [5.41, 5.74) is 0.261. The molecular weight excluding hydrogens is 536 g/mol. The van der Waals surface area contributed by atoms with Gasteiger partial charge in [-0.05, 0) is 42.5 Å². The van der Waals surface area contributed by atoms with Crippen molar-refractivity contribution in [2.24, 2.45) is 0 Å². The molecule has 0 saturated carbocycles. The van der Waals surface area contributed by atoms with Gasteiger partial charge in [-0.1, -0.05) is 29.3 Å². The number of hydrogen-bond acceptors (Lipinski definition) is 6. The molecular formula is C23H17Cl2F3N6O3. The summed E-state index contributed by atoms with van der Waals surface area (Å²) in [6, 6.07) is 13.0. The lowest BCUT2D eigenvalue weighted by molar-refractivity contribution is -0.146. The van der Waals surface area contributed by atoms with Crippen molar-refractivity contribution in [2.75, 3.05) is 0 Å². The first-order valence-electron chi connectivity index (χ1n) is 10.9. The highest BCUT2D eigenvalue weighted by Crippen LogP contribution is 2.38. The number of carbonyl (C=O) groups excluding carboxylic acids is 1. The molecule has 37 heavy (non-hydrogen) atoms. The number of Topliss-reactive ketones (excluding diaryl/α,β-unsaturated/α-hetero) is 1. The summed E-state index contributed by atoms with van der Waals surface area (Å²) in [7, 11) is 0. The van der Waals surface area contributed by atoms with Gasteiger partial charge in [0.2, 0.25) is 0 Å². The number of benzene rings is 2. The maximum atomic E-state index is 13.2. The van der Waals surface area contributed by atoms with E-state index in [1.807, 2.05) is 0 Å². The van der Waals surface area contributed by atoms with Gasteiger partial charge < -0.3 is 4.74 Å². The molecule has 1 aliphatic heterocycles. The van der Waals surface area contributed by atoms with E-state index in [9.17, 15) is 22.8 Å². The van der Waals surface area contributed by atoms with Gasteiger partial charge >= 0.3 is 11.9 Å². The van der Waals surface area contributed by atoms with Crippen LogP contribution in [0.15, 0.2) is 53.3 Å². The Morgan fingerprint density at radius 3 is 2.43 bits per heavy atom. The van der Waals surface area contributed by atoms with E-state index in [4.69, 9.17) is 27.9 Å². The van der Waals surface area contributed by atoms with Gasteiger partial charge in [0.25, 0.3) is 0 Å². The molecule has 2 aromatic carbocycles. The van der Waals surface area contributed by atoms with Crippen LogP contribution in [0.25, 0.3) is 17.1 Å². The van der Waals surface area contributed by atoms with E-state index in [0.29, 0.717) is 21.3 Å². The van der Waals surface area contributed by atoms with Crippen molar-refractivity contribution in [1.82, 2.24) is 29.1 Å². The molecule has 2 aromatic heterocycles. The smallest absolute Gasteiger partial charge is 0.358 e. The highest BCUT2D eigenvalue weighted by Gasteiger charge is 2.58. The largest absolute Gasteiger partial charge is 0.417 e. The monoisotopic (exact) mass is 552 g/mol. The van der Waals surface area contributed by atoms with Crippen molar-refractivity contribution in [1.29, 1.82) is 0 Å². The molecule has 192 valence electrons. The summed E-state index contributed by atoms with van der Waals surface area (Å²) in [5, 5.41) is 9.54. The number of hydrogen-bond donors (Lipinski definition) is 0. The molecule has 0 radical (unpaired) electrons. The highest BCUT2D eigenvalue weighted by molar-refractivity contribution is 6.31. The Morgan fingerprint density at radius 2 is 1.81 bits per heavy atom. The van der Waals surface area contributed by atoms with Gasteiger partial charge in [0.05, 0.1) is 12.2 Å². The maximum absolute atomic E-state index is 13.2. The van der Waals surface area contributed by atoms with Gasteiger partial charge in [0.15, 0.2) is 29.4 Å². The summed E-state index contributed by atoms with van der Waals surface area (Å²) in [4.78, 5) is 29.7. The number of rotatable bonds is 7. The normalized spacial score (nSPS) is 17.2. The van der Waals surface area contributed by atoms with Gasteiger partial charge in [0.1, 0.15) is 12.6 Å². The van der Waals surface area contributed by atoms with Crippen LogP contribution in [0.3, 0.4) is 0 Å². The first kappa shape index (κ1) is 25.2. The topological polar surface area (TPSA) is 100 Å². The second kappa shape index (κ2) is 9.43. The summed E-state index contributed by atoms with van der Waals surface area (Å²) >= 11 is 12.0. The number of nitrogens with zero attached hydrogens (tertiary/aromatic N) is 6. The Hall–Kier alpha value is -3.48. The standard InChI is InChI=1S/C23H17Cl2F3N6O3/c1-12(35)20-29-18(30-34(20)16-4-2-3-15(25)9-16)11-33-22(36)32(10-17-19(37-17)23(26,27)28)21(31-33)13-5-7-14(24)8-6-13/h2-9,17,19H,10-11H2,1H3. The fraction of sp³-hybridized carbons (Fsp3) is 0.261. The van der Waals surface area contributed by atoms with E-state index in [2.05, 4.69) is 15.2 Å². The van der Waals surface area contributed by atoms with E-state index in [0.717, 1.165) is 9.25 Å². The van der Waals surface area contributed by atoms with E-state index in [1.165, 1.54) is 11.6 Å². The number of carbonyl (C=O) groups is 1. The molecule has 2 atom stereocenters. The Morgan fingerprint density at radius 1 is 1.08 bits per heavy atom. The van der Waals surface area contributed by atoms with Crippen molar-refractivity contribution in [3.05, 3.63) is 80.7 Å². The predicted molar refractivity (Wildman–Crippen MR) is 127 cm³/mol. The van der Waals surface area contributed by atoms with Gasteiger partial charge in [-0.2, -0.15) is 13.2 Å². The second-order valence-corrected chi connectivity index (χ2v) is 9.19. The Kier molecular flexibility index (Phi) is 6.42. The van der Waals surface area contributed by atoms with Gasteiger partial charge in [-0.15, -0.1) is 10.2 Å². The van der Waals surface area contributed by atoms with Crippen LogP contribution in [0.4, 0.5) is 13.2 Å². The van der Waals surface area contributed by atoms with E-state index in [1.54, 1.807) is 48.5 Å². The molecule has 3 heterocycles. The number of ketones is 1. The molecule has 0 aliphatic carbocycles. The molecule has 1 saturated heterocycles. The number of ether oxygens (including phenoxy) is 1. The molecule has 2 unspecified atom stereocenters. The third-order valence-electron chi connectivity index (χ3n) is 5.60. The summed E-state index contributed by atoms with van der Waals surface area (Å²) in [6.45, 7) is 0.722. The minimum Gasteiger partial charge on any atom is -0.358 e. The van der Waals surface area contributed by atoms with E-state index < -0.39 is 24.1 Å². The maximum Gasteiger partial charge on any atom is 0.417 e. The molecule has 0 N–H and O–H groups in total. The Bertz CT molecular complexity index is 1540. The molecule has 0 spiro atoms. The minimum atomic E-state index is -4.54. The van der Waals surface area contributed by atoms with Crippen molar-refractivity contribution in [3.8, 4) is 17.1 Å². The SMILES string of the molecule is CC(=O)c1nc(Cn2nc(-c3ccc(Cl)cc3)n(CC3OC3C(F)(F)F)c2=O)nn1-c1cccc(Cl)c1. The summed E-state index contributed by atoms with van der Waals surface area (Å²) in [5.74, 6) is -0.140. The fourth-order valence-corrected chi connectivity index (χ4v) is 4.15. The number of epoxide rings is 1. The molecule has 14 heteroatoms. The second-order valence-electron chi connectivity index (χ2n) is 8.32. The lowest BCUT2D eigenvalue weighted by Crippen LogP contribution is -2.29. The summed E-state index contributed by atoms with van der Waals surface area (Å²) in [6.07, 6.45) is -7.70. The molecule has 1 fully saturated rings. The van der Waals surface area contributed by atoms with Crippen molar-refractivity contribution in [3.63, 3.8) is 0 Å². The average Bonchev–Trinajstić information content (AvgIpc) is 3.41. The Balaban J connectivity index is 1.52. The zero-order valence-electron chi connectivity index (χ0n) is 19.0. The van der Waals surface area contributed by atoms with Crippen LogP contribution in [0, 0.1) is 0 Å². The van der Waals surface area contributed by atoms with Gasteiger partial charge in [-0.3, -0.25) is 9.36 Å². The number of halogens is 5. The molecule has 0 amide bonds. The fourth-order valence-electron chi connectivity index (χ4n) is 3.84. The third-order valence-corrected chi connectivity index (χ3v) is 6.09. The lowest BCUT2D eigenvalue weighted by Gasteiger charge is -2.05. The zero-order valence-corrected chi connectivity index (χ0v) is 20.5. The predicted octanol–water partition coefficient (Wildman–Crippen LogP) is 4.18. The highest BCUT2D eigenvalue weighted by atomic mass is 35.5. The van der Waals surface area contributed by atoms with Crippen molar-refractivity contribution < 1.29 is 22.7 Å². The average molecular weight is 553 g/mol. The van der Waals surface area contributed by atoms with E-state index in [-0.39, 0.29) is 36.3 Å². The summed E-state index contributed by atoms with van der Waals surface area (Å²) < 4.78 is 47.3. The quantitative estimate of drug-likeness (QED) is 0.252. The molecule has 1 aliphatic rings. The van der Waals surface area contributed by atoms with Crippen LogP contribution in [0.5, 0.6) is 0 Å². The Labute approximate surface area is 217 Å². The van der Waals surface area contributed by atoms with Crippen molar-refractivity contribution >= 4 is 29.0 Å².